The molecule has 14 heteroatoms. The summed E-state index contributed by atoms with van der Waals surface area (Å²) in [6.45, 7) is -3.19. The number of benzene rings is 3. The van der Waals surface area contributed by atoms with Gasteiger partial charge < -0.3 is 19.5 Å². The molecule has 39 heavy (non-hydrogen) atoms. The molecule has 0 aliphatic carbocycles. The Hall–Kier alpha value is -3.68. The predicted octanol–water partition coefficient (Wildman–Crippen LogP) is 6.69. The van der Waals surface area contributed by atoms with Crippen LogP contribution >= 0.6 is 22.9 Å². The van der Waals surface area contributed by atoms with Crippen LogP contribution in [0.25, 0.3) is 0 Å². The molecule has 1 aromatic heterocycles. The van der Waals surface area contributed by atoms with Crippen LogP contribution in [0.1, 0.15) is 5.56 Å². The molecule has 1 heterocycles. The van der Waals surface area contributed by atoms with Gasteiger partial charge in [-0.15, -0.1) is 11.3 Å². The lowest BCUT2D eigenvalue weighted by molar-refractivity contribution is -0.0498. The molecule has 0 bridgehead atoms. The minimum absolute atomic E-state index is 0.0632. The molecular formula is C25H21ClF3N3O5S2. The summed E-state index contributed by atoms with van der Waals surface area (Å²) in [6, 6.07) is 12.2. The maximum atomic E-state index is 15.4. The van der Waals surface area contributed by atoms with Gasteiger partial charge in [0.1, 0.15) is 28.0 Å². The molecular weight excluding hydrogens is 579 g/mol. The minimum Gasteiger partial charge on any atom is -0.497 e. The molecule has 0 unspecified atom stereocenters. The van der Waals surface area contributed by atoms with E-state index in [1.807, 2.05) is 0 Å². The monoisotopic (exact) mass is 599 g/mol. The zero-order valence-electron chi connectivity index (χ0n) is 20.4. The van der Waals surface area contributed by atoms with Crippen molar-refractivity contribution in [3.63, 3.8) is 0 Å². The van der Waals surface area contributed by atoms with Gasteiger partial charge in [-0.3, -0.25) is 0 Å². The van der Waals surface area contributed by atoms with E-state index in [0.717, 1.165) is 27.8 Å². The summed E-state index contributed by atoms with van der Waals surface area (Å²) in [5.41, 5.74) is 0.930. The first-order valence-corrected chi connectivity index (χ1v) is 13.8. The highest BCUT2D eigenvalue weighted by molar-refractivity contribution is 7.93. The highest BCUT2D eigenvalue weighted by atomic mass is 35.5. The van der Waals surface area contributed by atoms with Crippen molar-refractivity contribution in [2.24, 2.45) is 0 Å². The highest BCUT2D eigenvalue weighted by Crippen LogP contribution is 2.36. The summed E-state index contributed by atoms with van der Waals surface area (Å²) < 4.78 is 83.5. The lowest BCUT2D eigenvalue weighted by Crippen LogP contribution is -2.31. The first kappa shape index (κ1) is 28.3. The first-order valence-electron chi connectivity index (χ1n) is 11.1. The second-order valence-corrected chi connectivity index (χ2v) is 10.9. The Morgan fingerprint density at radius 3 is 2.38 bits per heavy atom. The van der Waals surface area contributed by atoms with Crippen LogP contribution in [0, 0.1) is 5.82 Å². The summed E-state index contributed by atoms with van der Waals surface area (Å²) in [5, 5.41) is 4.44. The van der Waals surface area contributed by atoms with Crippen molar-refractivity contribution in [2.45, 2.75) is 18.1 Å². The fourth-order valence-corrected chi connectivity index (χ4v) is 6.17. The maximum absolute atomic E-state index is 15.4. The van der Waals surface area contributed by atoms with Gasteiger partial charge in [0.05, 0.1) is 31.5 Å². The zero-order chi connectivity index (χ0) is 28.2. The van der Waals surface area contributed by atoms with Gasteiger partial charge in [0, 0.05) is 35.0 Å². The van der Waals surface area contributed by atoms with Crippen LogP contribution in [0.15, 0.2) is 71.1 Å². The van der Waals surface area contributed by atoms with Crippen molar-refractivity contribution < 1.29 is 35.8 Å². The topological polar surface area (TPSA) is 90.0 Å². The summed E-state index contributed by atoms with van der Waals surface area (Å²) >= 11 is 7.40. The average Bonchev–Trinajstić information content (AvgIpc) is 3.44. The lowest BCUT2D eigenvalue weighted by Gasteiger charge is -2.23. The fourth-order valence-electron chi connectivity index (χ4n) is 3.55. The summed E-state index contributed by atoms with van der Waals surface area (Å²) in [5.74, 6) is -0.252. The van der Waals surface area contributed by atoms with Crippen molar-refractivity contribution in [1.82, 2.24) is 4.98 Å². The number of aromatic nitrogens is 1. The van der Waals surface area contributed by atoms with Crippen LogP contribution in [0.2, 0.25) is 5.02 Å². The van der Waals surface area contributed by atoms with E-state index in [4.69, 9.17) is 21.1 Å². The van der Waals surface area contributed by atoms with Crippen molar-refractivity contribution in [3.8, 4) is 17.2 Å². The Balaban J connectivity index is 1.67. The van der Waals surface area contributed by atoms with Crippen LogP contribution in [-0.4, -0.2) is 34.2 Å². The molecule has 0 spiro atoms. The van der Waals surface area contributed by atoms with Crippen LogP contribution < -0.4 is 23.8 Å². The van der Waals surface area contributed by atoms with Gasteiger partial charge in [0.25, 0.3) is 10.0 Å². The van der Waals surface area contributed by atoms with Gasteiger partial charge in [-0.25, -0.2) is 22.1 Å². The molecule has 3 aromatic carbocycles. The molecule has 0 radical (unpaired) electrons. The number of nitrogens with zero attached hydrogens (tertiary/aromatic N) is 2. The summed E-state index contributed by atoms with van der Waals surface area (Å²) in [7, 11) is -1.58. The zero-order valence-corrected chi connectivity index (χ0v) is 22.8. The van der Waals surface area contributed by atoms with E-state index < -0.39 is 27.3 Å². The number of anilines is 3. The van der Waals surface area contributed by atoms with Gasteiger partial charge in [0.15, 0.2) is 5.13 Å². The number of methoxy groups -OCH3 is 2. The van der Waals surface area contributed by atoms with Crippen LogP contribution in [0.3, 0.4) is 0 Å². The van der Waals surface area contributed by atoms with Crippen molar-refractivity contribution in [2.75, 3.05) is 23.8 Å². The molecule has 0 aliphatic heterocycles. The number of rotatable bonds is 11. The van der Waals surface area contributed by atoms with E-state index in [1.54, 1.807) is 23.6 Å². The van der Waals surface area contributed by atoms with Gasteiger partial charge in [-0.1, -0.05) is 11.6 Å². The molecule has 206 valence electrons. The molecule has 0 saturated heterocycles. The van der Waals surface area contributed by atoms with E-state index in [-0.39, 0.29) is 28.1 Å². The highest BCUT2D eigenvalue weighted by Gasteiger charge is 2.31. The largest absolute Gasteiger partial charge is 0.497 e. The van der Waals surface area contributed by atoms with E-state index in [9.17, 15) is 17.2 Å². The van der Waals surface area contributed by atoms with Crippen LogP contribution in [0.4, 0.5) is 29.7 Å². The molecule has 0 fully saturated rings. The third-order valence-electron chi connectivity index (χ3n) is 5.39. The van der Waals surface area contributed by atoms with Crippen LogP contribution in [-0.2, 0) is 16.6 Å². The van der Waals surface area contributed by atoms with Crippen molar-refractivity contribution in [1.29, 1.82) is 0 Å². The number of halogens is 4. The quantitative estimate of drug-likeness (QED) is 0.205. The van der Waals surface area contributed by atoms with E-state index in [1.165, 1.54) is 44.7 Å². The Kier molecular flexibility index (Phi) is 8.73. The molecule has 4 rings (SSSR count). The maximum Gasteiger partial charge on any atom is 0.387 e. The van der Waals surface area contributed by atoms with Gasteiger partial charge >= 0.3 is 6.61 Å². The Bertz CT molecular complexity index is 1540. The second-order valence-electron chi connectivity index (χ2n) is 7.79. The minimum atomic E-state index is -4.50. The molecule has 4 aromatic rings. The predicted molar refractivity (Wildman–Crippen MR) is 143 cm³/mol. The molecule has 0 atom stereocenters. The SMILES string of the molecule is COc1ccc(CN(c2nccs2)S(=O)(=O)c2cc(Cl)c(Nc3ccc(OC(F)F)cc3)cc2F)c(OC)c1. The summed E-state index contributed by atoms with van der Waals surface area (Å²) in [4.78, 5) is 3.45. The molecule has 0 aliphatic rings. The average molecular weight is 600 g/mol. The fraction of sp³-hybridized carbons (Fsp3) is 0.160. The third kappa shape index (κ3) is 6.49. The molecule has 0 amide bonds. The van der Waals surface area contributed by atoms with Crippen molar-refractivity contribution in [3.05, 3.63) is 82.6 Å². The van der Waals surface area contributed by atoms with E-state index >= 15 is 4.39 Å². The number of alkyl halides is 2. The smallest absolute Gasteiger partial charge is 0.387 e. The third-order valence-corrected chi connectivity index (χ3v) is 8.36. The second kappa shape index (κ2) is 12.0. The Labute approximate surface area is 231 Å². The molecule has 8 nitrogen and oxygen atoms in total. The number of hydrogen-bond donors (Lipinski definition) is 1. The standard InChI is InChI=1S/C25H21ClF3N3O5S2/c1-35-18-6-3-15(22(11-18)36-2)14-32(25-30-9-10-38-25)39(33,34)23-12-19(26)21(13-20(23)27)31-16-4-7-17(8-5-16)37-24(28)29/h3-13,24,31H,14H2,1-2H3. The van der Waals surface area contributed by atoms with Gasteiger partial charge in [-0.05, 0) is 42.5 Å². The van der Waals surface area contributed by atoms with Crippen LogP contribution in [0.5, 0.6) is 17.2 Å². The Morgan fingerprint density at radius 1 is 1.05 bits per heavy atom. The Morgan fingerprint density at radius 2 is 1.77 bits per heavy atom. The van der Waals surface area contributed by atoms with Crippen molar-refractivity contribution >= 4 is 49.5 Å². The number of ether oxygens (including phenoxy) is 3. The van der Waals surface area contributed by atoms with E-state index in [0.29, 0.717) is 22.7 Å². The first-order chi connectivity index (χ1) is 18.6. The number of nitrogens with one attached hydrogen (secondary N) is 1. The number of sulfonamides is 1. The van der Waals surface area contributed by atoms with Gasteiger partial charge in [0.2, 0.25) is 0 Å². The molecule has 0 saturated carbocycles. The van der Waals surface area contributed by atoms with E-state index in [2.05, 4.69) is 15.0 Å². The number of thiazole rings is 1. The lowest BCUT2D eigenvalue weighted by atomic mass is 10.2. The molecule has 1 N–H and O–H groups in total. The number of hydrogen-bond acceptors (Lipinski definition) is 8. The van der Waals surface area contributed by atoms with Gasteiger partial charge in [-0.2, -0.15) is 8.78 Å². The summed E-state index contributed by atoms with van der Waals surface area (Å²) in [6.07, 6.45) is 1.43. The normalized spacial score (nSPS) is 11.4.